The lowest BCUT2D eigenvalue weighted by Gasteiger charge is -2.59. The van der Waals surface area contributed by atoms with Crippen molar-refractivity contribution in [3.05, 3.63) is 0 Å². The van der Waals surface area contributed by atoms with Gasteiger partial charge in [0.1, 0.15) is 0 Å². The van der Waals surface area contributed by atoms with Gasteiger partial charge in [0, 0.05) is 11.3 Å². The van der Waals surface area contributed by atoms with Crippen LogP contribution in [0.2, 0.25) is 0 Å². The Morgan fingerprint density at radius 2 is 1.50 bits per heavy atom. The first-order chi connectivity index (χ1) is 6.05. The van der Waals surface area contributed by atoms with Crippen molar-refractivity contribution < 1.29 is 25.2 Å². The van der Waals surface area contributed by atoms with Crippen LogP contribution in [-0.2, 0) is 0 Å². The van der Waals surface area contributed by atoms with Crippen molar-refractivity contribution in [1.29, 1.82) is 0 Å². The maximum absolute atomic E-state index is 9.72. The third kappa shape index (κ3) is 1.99. The van der Waals surface area contributed by atoms with Gasteiger partial charge in [-0.05, 0) is 6.92 Å². The number of aliphatic hydroxyl groups excluding tert-OH is 1. The minimum absolute atomic E-state index is 0.00231. The van der Waals surface area contributed by atoms with Gasteiger partial charge in [0.25, 0.3) is 0 Å². The Kier molecular flexibility index (Phi) is 3.53. The molecule has 84 valence electrons. The fraction of sp³-hybridized carbons (Fsp3) is 0.889. The van der Waals surface area contributed by atoms with E-state index >= 15 is 0 Å². The van der Waals surface area contributed by atoms with Crippen LogP contribution in [0.1, 0.15) is 27.7 Å². The minimum atomic E-state index is -1.83. The molecule has 14 heavy (non-hydrogen) atoms. The summed E-state index contributed by atoms with van der Waals surface area (Å²) < 4.78 is 0. The summed E-state index contributed by atoms with van der Waals surface area (Å²) in [5.41, 5.74) is -1.04. The molecule has 4 N–H and O–H groups in total. The molecular weight excluding hydrogens is 188 g/mol. The third-order valence-corrected chi connectivity index (χ3v) is 3.40. The molecule has 5 heteroatoms. The van der Waals surface area contributed by atoms with Gasteiger partial charge in [-0.25, -0.2) is 4.79 Å². The summed E-state index contributed by atoms with van der Waals surface area (Å²) in [6.45, 7) is 7.43. The van der Waals surface area contributed by atoms with E-state index < -0.39 is 11.8 Å². The average Bonchev–Trinajstić information content (AvgIpc) is 2.00. The van der Waals surface area contributed by atoms with Gasteiger partial charge in [-0.1, -0.05) is 20.8 Å². The van der Waals surface area contributed by atoms with Crippen LogP contribution >= 0.6 is 0 Å². The second-order valence-corrected chi connectivity index (χ2v) is 4.39. The van der Waals surface area contributed by atoms with Crippen LogP contribution < -0.4 is 0 Å². The van der Waals surface area contributed by atoms with Crippen molar-refractivity contribution in [3.63, 3.8) is 0 Å². The highest BCUT2D eigenvalue weighted by Gasteiger charge is 2.61. The maximum Gasteiger partial charge on any atom is 0.503 e. The first-order valence-electron chi connectivity index (χ1n) is 4.37. The summed E-state index contributed by atoms with van der Waals surface area (Å²) in [6.07, 6.45) is -2.19. The molecule has 5 nitrogen and oxygen atoms in total. The van der Waals surface area contributed by atoms with Gasteiger partial charge in [-0.15, -0.1) is 0 Å². The van der Waals surface area contributed by atoms with Crippen molar-refractivity contribution in [1.82, 2.24) is 0 Å². The van der Waals surface area contributed by atoms with Crippen LogP contribution in [0.5, 0.6) is 0 Å². The zero-order valence-corrected chi connectivity index (χ0v) is 8.85. The minimum Gasteiger partial charge on any atom is -0.450 e. The molecule has 0 aromatic rings. The Labute approximate surface area is 83.0 Å². The van der Waals surface area contributed by atoms with E-state index in [1.54, 1.807) is 6.92 Å². The number of rotatable bonds is 0. The Morgan fingerprint density at radius 1 is 1.21 bits per heavy atom. The molecule has 3 atom stereocenters. The summed E-state index contributed by atoms with van der Waals surface area (Å²) >= 11 is 0. The highest BCUT2D eigenvalue weighted by Crippen LogP contribution is 2.53. The van der Waals surface area contributed by atoms with E-state index in [4.69, 9.17) is 15.0 Å². The Balaban J connectivity index is 0.000000364. The number of aliphatic hydroxyl groups is 2. The van der Waals surface area contributed by atoms with Crippen LogP contribution in [0.3, 0.4) is 0 Å². The smallest absolute Gasteiger partial charge is 0.450 e. The Hall–Kier alpha value is -0.810. The van der Waals surface area contributed by atoms with Crippen molar-refractivity contribution in [2.24, 2.45) is 11.3 Å². The molecule has 1 saturated carbocycles. The monoisotopic (exact) mass is 206 g/mol. The normalized spacial score (nSPS) is 39.0. The van der Waals surface area contributed by atoms with E-state index in [2.05, 4.69) is 0 Å². The fourth-order valence-electron chi connectivity index (χ4n) is 1.72. The van der Waals surface area contributed by atoms with Crippen LogP contribution in [0.4, 0.5) is 4.79 Å². The topological polar surface area (TPSA) is 98.0 Å². The predicted molar refractivity (Wildman–Crippen MR) is 50.2 cm³/mol. The van der Waals surface area contributed by atoms with Crippen molar-refractivity contribution in [2.45, 2.75) is 39.4 Å². The molecule has 1 rings (SSSR count). The first-order valence-corrected chi connectivity index (χ1v) is 4.37. The second kappa shape index (κ2) is 3.74. The molecule has 1 aliphatic rings. The molecule has 0 aromatic carbocycles. The van der Waals surface area contributed by atoms with Gasteiger partial charge in [0.2, 0.25) is 0 Å². The summed E-state index contributed by atoms with van der Waals surface area (Å²) in [6, 6.07) is 0. The standard InChI is InChI=1S/C8H16O2.CH2O3/c1-5-6(9)7(2,3)8(5,4)10;2-1(3)4/h5-6,9-10H,1-4H3;(H2,2,3,4). The van der Waals surface area contributed by atoms with Crippen molar-refractivity contribution >= 4 is 6.16 Å². The van der Waals surface area contributed by atoms with Crippen LogP contribution in [0.25, 0.3) is 0 Å². The fourth-order valence-corrected chi connectivity index (χ4v) is 1.72. The summed E-state index contributed by atoms with van der Waals surface area (Å²) in [4.78, 5) is 8.56. The largest absolute Gasteiger partial charge is 0.503 e. The summed E-state index contributed by atoms with van der Waals surface area (Å²) in [7, 11) is 0. The molecular formula is C9H18O5. The van der Waals surface area contributed by atoms with Gasteiger partial charge in [-0.3, -0.25) is 0 Å². The van der Waals surface area contributed by atoms with Gasteiger partial charge in [0.15, 0.2) is 0 Å². The van der Waals surface area contributed by atoms with Crippen LogP contribution in [-0.4, -0.2) is 38.3 Å². The lowest BCUT2D eigenvalue weighted by atomic mass is 9.51. The quantitative estimate of drug-likeness (QED) is 0.474. The molecule has 0 aliphatic heterocycles. The molecule has 1 aliphatic carbocycles. The third-order valence-electron chi connectivity index (χ3n) is 3.40. The van der Waals surface area contributed by atoms with Crippen LogP contribution in [0, 0.1) is 11.3 Å². The molecule has 1 fully saturated rings. The van der Waals surface area contributed by atoms with E-state index in [1.165, 1.54) is 0 Å². The molecule has 0 bridgehead atoms. The van der Waals surface area contributed by atoms with Crippen molar-refractivity contribution in [3.8, 4) is 0 Å². The Bertz CT molecular complexity index is 199. The van der Waals surface area contributed by atoms with E-state index in [0.717, 1.165) is 0 Å². The highest BCUT2D eigenvalue weighted by atomic mass is 16.6. The molecule has 0 heterocycles. The van der Waals surface area contributed by atoms with Gasteiger partial charge in [-0.2, -0.15) is 0 Å². The molecule has 3 unspecified atom stereocenters. The summed E-state index contributed by atoms with van der Waals surface area (Å²) in [5, 5.41) is 33.1. The number of carboxylic acid groups (broad SMARTS) is 2. The Morgan fingerprint density at radius 3 is 1.57 bits per heavy atom. The molecule has 0 saturated heterocycles. The van der Waals surface area contributed by atoms with E-state index in [0.29, 0.717) is 0 Å². The zero-order valence-electron chi connectivity index (χ0n) is 8.85. The molecule has 0 aromatic heterocycles. The second-order valence-electron chi connectivity index (χ2n) is 4.39. The van der Waals surface area contributed by atoms with Crippen LogP contribution in [0.15, 0.2) is 0 Å². The molecule has 0 spiro atoms. The number of carbonyl (C=O) groups is 1. The maximum atomic E-state index is 9.72. The predicted octanol–water partition coefficient (Wildman–Crippen LogP) is 0.997. The average molecular weight is 206 g/mol. The zero-order chi connectivity index (χ0) is 11.7. The van der Waals surface area contributed by atoms with Gasteiger partial charge in [0.05, 0.1) is 11.7 Å². The SMILES string of the molecule is CC1C(O)C(C)(C)C1(C)O.O=C(O)O. The van der Waals surface area contributed by atoms with Crippen molar-refractivity contribution in [2.75, 3.05) is 0 Å². The lowest BCUT2D eigenvalue weighted by molar-refractivity contribution is -0.260. The molecule has 0 amide bonds. The molecule has 0 radical (unpaired) electrons. The van der Waals surface area contributed by atoms with E-state index in [9.17, 15) is 10.2 Å². The van der Waals surface area contributed by atoms with Gasteiger partial charge < -0.3 is 20.4 Å². The summed E-state index contributed by atoms with van der Waals surface area (Å²) in [5.74, 6) is 0.00231. The van der Waals surface area contributed by atoms with E-state index in [-0.39, 0.29) is 17.4 Å². The lowest BCUT2D eigenvalue weighted by Crippen LogP contribution is -2.68. The number of hydrogen-bond donors (Lipinski definition) is 4. The first kappa shape index (κ1) is 13.2. The van der Waals surface area contributed by atoms with Gasteiger partial charge >= 0.3 is 6.16 Å². The number of hydrogen-bond acceptors (Lipinski definition) is 3. The highest BCUT2D eigenvalue weighted by molar-refractivity contribution is 5.53. The van der Waals surface area contributed by atoms with E-state index in [1.807, 2.05) is 20.8 Å².